The lowest BCUT2D eigenvalue weighted by Gasteiger charge is -2.19. The van der Waals surface area contributed by atoms with Crippen LogP contribution in [-0.2, 0) is 18.4 Å². The molecule has 0 saturated carbocycles. The molecular formula is C20H19N5O3. The van der Waals surface area contributed by atoms with Crippen LogP contribution in [0.4, 0.5) is 11.6 Å². The molecule has 2 N–H and O–H groups in total. The van der Waals surface area contributed by atoms with E-state index in [1.54, 1.807) is 17.1 Å². The van der Waals surface area contributed by atoms with Crippen LogP contribution >= 0.6 is 0 Å². The predicted molar refractivity (Wildman–Crippen MR) is 103 cm³/mol. The zero-order valence-corrected chi connectivity index (χ0v) is 15.5. The Hall–Kier alpha value is -3.68. The van der Waals surface area contributed by atoms with Crippen molar-refractivity contribution in [3.8, 4) is 11.1 Å². The highest BCUT2D eigenvalue weighted by atomic mass is 16.4. The molecule has 2 aromatic heterocycles. The largest absolute Gasteiger partial charge is 0.480 e. The van der Waals surface area contributed by atoms with Gasteiger partial charge in [-0.1, -0.05) is 12.1 Å². The van der Waals surface area contributed by atoms with Gasteiger partial charge in [-0.2, -0.15) is 5.10 Å². The second-order valence-electron chi connectivity index (χ2n) is 6.71. The number of nitrogens with zero attached hydrogens (tertiary/aromatic N) is 4. The summed E-state index contributed by atoms with van der Waals surface area (Å²) in [6.07, 6.45) is 3.39. The fourth-order valence-electron chi connectivity index (χ4n) is 3.26. The fourth-order valence-corrected chi connectivity index (χ4v) is 3.26. The maximum Gasteiger partial charge on any atom is 0.326 e. The van der Waals surface area contributed by atoms with Crippen molar-refractivity contribution in [1.82, 2.24) is 19.7 Å². The Morgan fingerprint density at radius 1 is 1.18 bits per heavy atom. The number of amides is 1. The Balaban J connectivity index is 1.62. The molecule has 0 bridgehead atoms. The number of rotatable bonds is 5. The van der Waals surface area contributed by atoms with Crippen molar-refractivity contribution in [2.75, 3.05) is 5.32 Å². The van der Waals surface area contributed by atoms with Crippen LogP contribution in [0.3, 0.4) is 0 Å². The van der Waals surface area contributed by atoms with Gasteiger partial charge in [-0.05, 0) is 41.8 Å². The Labute approximate surface area is 161 Å². The van der Waals surface area contributed by atoms with Crippen LogP contribution in [0, 0.1) is 0 Å². The van der Waals surface area contributed by atoms with E-state index in [2.05, 4.69) is 15.4 Å². The minimum Gasteiger partial charge on any atom is -0.480 e. The average molecular weight is 377 g/mol. The van der Waals surface area contributed by atoms with Gasteiger partial charge in [0.25, 0.3) is 5.91 Å². The van der Waals surface area contributed by atoms with Gasteiger partial charge >= 0.3 is 5.97 Å². The van der Waals surface area contributed by atoms with Gasteiger partial charge in [-0.25, -0.2) is 9.78 Å². The average Bonchev–Trinajstić information content (AvgIpc) is 3.24. The summed E-state index contributed by atoms with van der Waals surface area (Å²) in [6, 6.07) is 10.4. The van der Waals surface area contributed by atoms with E-state index in [0.29, 0.717) is 17.9 Å². The third kappa shape index (κ3) is 3.09. The number of aryl methyl sites for hydroxylation is 1. The summed E-state index contributed by atoms with van der Waals surface area (Å²) in [4.78, 5) is 29.6. The van der Waals surface area contributed by atoms with Gasteiger partial charge in [0.1, 0.15) is 17.7 Å². The van der Waals surface area contributed by atoms with Crippen molar-refractivity contribution in [3.63, 3.8) is 0 Å². The van der Waals surface area contributed by atoms with Gasteiger partial charge < -0.3 is 15.3 Å². The summed E-state index contributed by atoms with van der Waals surface area (Å²) in [5.74, 6) is 0.205. The molecule has 8 heteroatoms. The molecule has 1 aliphatic heterocycles. The number of hydrogen-bond acceptors (Lipinski definition) is 5. The van der Waals surface area contributed by atoms with E-state index >= 15 is 0 Å². The van der Waals surface area contributed by atoms with E-state index in [0.717, 1.165) is 22.5 Å². The molecule has 0 saturated heterocycles. The van der Waals surface area contributed by atoms with Crippen molar-refractivity contribution < 1.29 is 14.7 Å². The number of carbonyl (C=O) groups excluding carboxylic acids is 1. The molecule has 3 aromatic rings. The highest BCUT2D eigenvalue weighted by Gasteiger charge is 2.33. The molecule has 1 atom stereocenters. The lowest BCUT2D eigenvalue weighted by Crippen LogP contribution is -2.38. The van der Waals surface area contributed by atoms with Gasteiger partial charge in [-0.15, -0.1) is 0 Å². The molecule has 1 amide bonds. The lowest BCUT2D eigenvalue weighted by atomic mass is 10.0. The SMILES string of the molecule is C[C@H](C(=O)O)N1Cc2ccc(-c3ccnc(Nc4ccnn4C)c3)cc2C1=O. The minimum absolute atomic E-state index is 0.256. The second-order valence-corrected chi connectivity index (χ2v) is 6.71. The Morgan fingerprint density at radius 3 is 2.68 bits per heavy atom. The Kier molecular flexibility index (Phi) is 4.31. The van der Waals surface area contributed by atoms with Crippen molar-refractivity contribution in [2.24, 2.45) is 7.05 Å². The van der Waals surface area contributed by atoms with Crippen molar-refractivity contribution in [1.29, 1.82) is 0 Å². The molecule has 8 nitrogen and oxygen atoms in total. The molecule has 0 radical (unpaired) electrons. The highest BCUT2D eigenvalue weighted by molar-refractivity contribution is 6.01. The smallest absolute Gasteiger partial charge is 0.326 e. The number of aliphatic carboxylic acids is 1. The van der Waals surface area contributed by atoms with Gasteiger partial charge in [-0.3, -0.25) is 9.48 Å². The quantitative estimate of drug-likeness (QED) is 0.709. The zero-order chi connectivity index (χ0) is 19.8. The first-order chi connectivity index (χ1) is 13.4. The monoisotopic (exact) mass is 377 g/mol. The normalized spacial score (nSPS) is 14.1. The maximum atomic E-state index is 12.7. The maximum absolute atomic E-state index is 12.7. The molecule has 0 aliphatic carbocycles. The van der Waals surface area contributed by atoms with Crippen LogP contribution in [0.15, 0.2) is 48.8 Å². The molecule has 142 valence electrons. The first kappa shape index (κ1) is 17.7. The van der Waals surface area contributed by atoms with Crippen molar-refractivity contribution in [2.45, 2.75) is 19.5 Å². The summed E-state index contributed by atoms with van der Waals surface area (Å²) in [5.41, 5.74) is 3.15. The van der Waals surface area contributed by atoms with Crippen LogP contribution in [0.2, 0.25) is 0 Å². The van der Waals surface area contributed by atoms with E-state index < -0.39 is 12.0 Å². The molecule has 28 heavy (non-hydrogen) atoms. The van der Waals surface area contributed by atoms with Gasteiger partial charge in [0.05, 0.1) is 6.20 Å². The van der Waals surface area contributed by atoms with Crippen LogP contribution < -0.4 is 5.32 Å². The third-order valence-corrected chi connectivity index (χ3v) is 4.94. The number of carboxylic acid groups (broad SMARTS) is 1. The predicted octanol–water partition coefficient (Wildman–Crippen LogP) is 2.65. The highest BCUT2D eigenvalue weighted by Crippen LogP contribution is 2.30. The van der Waals surface area contributed by atoms with Crippen LogP contribution in [-0.4, -0.2) is 42.7 Å². The topological polar surface area (TPSA) is 100 Å². The van der Waals surface area contributed by atoms with Gasteiger partial charge in [0.2, 0.25) is 0 Å². The molecule has 1 aliphatic rings. The fraction of sp³-hybridized carbons (Fsp3) is 0.200. The first-order valence-electron chi connectivity index (χ1n) is 8.82. The number of fused-ring (bicyclic) bond motifs is 1. The number of carboxylic acids is 1. The van der Waals surface area contributed by atoms with Gasteiger partial charge in [0, 0.05) is 31.4 Å². The molecule has 3 heterocycles. The van der Waals surface area contributed by atoms with E-state index in [1.165, 1.54) is 11.8 Å². The van der Waals surface area contributed by atoms with Crippen LogP contribution in [0.25, 0.3) is 11.1 Å². The molecule has 0 unspecified atom stereocenters. The second kappa shape index (κ2) is 6.80. The molecule has 0 fully saturated rings. The summed E-state index contributed by atoms with van der Waals surface area (Å²) in [6.45, 7) is 1.83. The first-order valence-corrected chi connectivity index (χ1v) is 8.82. The third-order valence-electron chi connectivity index (χ3n) is 4.94. The number of nitrogens with one attached hydrogen (secondary N) is 1. The number of hydrogen-bond donors (Lipinski definition) is 2. The van der Waals surface area contributed by atoms with E-state index in [9.17, 15) is 14.7 Å². The van der Waals surface area contributed by atoms with Gasteiger partial charge in [0.15, 0.2) is 0 Å². The van der Waals surface area contributed by atoms with E-state index in [-0.39, 0.29) is 5.91 Å². The number of aromatic nitrogens is 3. The lowest BCUT2D eigenvalue weighted by molar-refractivity contribution is -0.141. The number of carbonyl (C=O) groups is 2. The number of benzene rings is 1. The van der Waals surface area contributed by atoms with Crippen molar-refractivity contribution >= 4 is 23.5 Å². The summed E-state index contributed by atoms with van der Waals surface area (Å²) >= 11 is 0. The Morgan fingerprint density at radius 2 is 1.96 bits per heavy atom. The standard InChI is InChI=1S/C20H19N5O3/c1-12(20(27)28)25-11-15-4-3-13(9-16(15)19(25)26)14-5-7-21-17(10-14)23-18-6-8-22-24(18)2/h3-10,12H,11H2,1-2H3,(H,21,23)(H,27,28)/t12-/m1/s1. The summed E-state index contributed by atoms with van der Waals surface area (Å²) in [5, 5.41) is 16.5. The van der Waals surface area contributed by atoms with E-state index in [4.69, 9.17) is 0 Å². The summed E-state index contributed by atoms with van der Waals surface area (Å²) < 4.78 is 1.71. The minimum atomic E-state index is -1.01. The number of pyridine rings is 1. The van der Waals surface area contributed by atoms with E-state index in [1.807, 2.05) is 43.4 Å². The molecule has 4 rings (SSSR count). The molecular weight excluding hydrogens is 358 g/mol. The zero-order valence-electron chi connectivity index (χ0n) is 15.5. The van der Waals surface area contributed by atoms with Crippen molar-refractivity contribution in [3.05, 3.63) is 59.9 Å². The van der Waals surface area contributed by atoms with Crippen LogP contribution in [0.5, 0.6) is 0 Å². The molecule has 1 aromatic carbocycles. The van der Waals surface area contributed by atoms with Crippen LogP contribution in [0.1, 0.15) is 22.8 Å². The Bertz CT molecular complexity index is 1080. The molecule has 0 spiro atoms. The summed E-state index contributed by atoms with van der Waals surface area (Å²) in [7, 11) is 1.84. The number of anilines is 2.